The van der Waals surface area contributed by atoms with Gasteiger partial charge >= 0.3 is 6.09 Å². The number of nitrogens with one attached hydrogen (secondary N) is 1. The molecule has 3 aliphatic rings. The molecule has 3 saturated heterocycles. The van der Waals surface area contributed by atoms with Gasteiger partial charge in [0, 0.05) is 26.7 Å². The third-order valence-electron chi connectivity index (χ3n) is 7.73. The number of ether oxygens (including phenoxy) is 2. The van der Waals surface area contributed by atoms with Crippen LogP contribution in [0.3, 0.4) is 0 Å². The number of hydrogen-bond donors (Lipinski definition) is 1. The van der Waals surface area contributed by atoms with Gasteiger partial charge in [-0.05, 0) is 79.1 Å². The minimum Gasteiger partial charge on any atom is -0.444 e. The van der Waals surface area contributed by atoms with Gasteiger partial charge in [-0.25, -0.2) is 4.79 Å². The Morgan fingerprint density at radius 1 is 0.919 bits per heavy atom. The SMILES string of the molecule is COC(C)[C@@H]1C[C@H](C)CN1C(=O)[C@H](C)NC(=O)[C@@H]1CCCCN1C(=O)[C@@H]1CCCN1C(=O)OC(C)(C)C. The second-order valence-electron chi connectivity index (χ2n) is 11.9. The number of rotatable bonds is 6. The van der Waals surface area contributed by atoms with Gasteiger partial charge in [-0.3, -0.25) is 19.3 Å². The summed E-state index contributed by atoms with van der Waals surface area (Å²) in [6, 6.07) is -2.04. The zero-order valence-electron chi connectivity index (χ0n) is 23.6. The van der Waals surface area contributed by atoms with Gasteiger partial charge in [-0.15, -0.1) is 0 Å². The van der Waals surface area contributed by atoms with Gasteiger partial charge in [0.1, 0.15) is 23.7 Å². The molecule has 0 bridgehead atoms. The van der Waals surface area contributed by atoms with E-state index in [0.717, 1.165) is 19.3 Å². The molecule has 6 atom stereocenters. The molecule has 1 N–H and O–H groups in total. The smallest absolute Gasteiger partial charge is 0.410 e. The Hall–Kier alpha value is -2.36. The predicted molar refractivity (Wildman–Crippen MR) is 139 cm³/mol. The molecule has 0 spiro atoms. The minimum atomic E-state index is -0.715. The molecule has 0 aliphatic carbocycles. The van der Waals surface area contributed by atoms with E-state index in [1.807, 2.05) is 11.8 Å². The summed E-state index contributed by atoms with van der Waals surface area (Å²) >= 11 is 0. The topological polar surface area (TPSA) is 108 Å². The summed E-state index contributed by atoms with van der Waals surface area (Å²) in [5.74, 6) is -0.309. The zero-order valence-corrected chi connectivity index (χ0v) is 23.6. The predicted octanol–water partition coefficient (Wildman–Crippen LogP) is 2.54. The summed E-state index contributed by atoms with van der Waals surface area (Å²) in [7, 11) is 1.64. The number of piperidine rings is 1. The molecule has 0 saturated carbocycles. The Morgan fingerprint density at radius 3 is 2.22 bits per heavy atom. The number of hydrogen-bond acceptors (Lipinski definition) is 6. The summed E-state index contributed by atoms with van der Waals surface area (Å²) in [6.45, 7) is 12.7. The van der Waals surface area contributed by atoms with E-state index in [9.17, 15) is 19.2 Å². The molecule has 10 nitrogen and oxygen atoms in total. The molecular weight excluding hydrogens is 476 g/mol. The summed E-state index contributed by atoms with van der Waals surface area (Å²) in [5, 5.41) is 2.89. The lowest BCUT2D eigenvalue weighted by atomic mass is 9.99. The molecule has 3 rings (SSSR count). The van der Waals surface area contributed by atoms with E-state index >= 15 is 0 Å². The number of nitrogens with zero attached hydrogens (tertiary/aromatic N) is 3. The van der Waals surface area contributed by atoms with E-state index in [4.69, 9.17) is 9.47 Å². The normalized spacial score (nSPS) is 28.1. The maximum absolute atomic E-state index is 13.6. The molecule has 37 heavy (non-hydrogen) atoms. The van der Waals surface area contributed by atoms with Crippen molar-refractivity contribution in [1.82, 2.24) is 20.0 Å². The zero-order chi connectivity index (χ0) is 27.5. The maximum atomic E-state index is 13.6. The van der Waals surface area contributed by atoms with Crippen molar-refractivity contribution in [2.45, 2.75) is 116 Å². The van der Waals surface area contributed by atoms with Crippen molar-refractivity contribution in [3.63, 3.8) is 0 Å². The molecule has 0 radical (unpaired) electrons. The monoisotopic (exact) mass is 522 g/mol. The molecule has 3 fully saturated rings. The molecule has 4 amide bonds. The largest absolute Gasteiger partial charge is 0.444 e. The van der Waals surface area contributed by atoms with Crippen LogP contribution in [0.5, 0.6) is 0 Å². The average molecular weight is 523 g/mol. The van der Waals surface area contributed by atoms with Crippen LogP contribution < -0.4 is 5.32 Å². The fraction of sp³-hybridized carbons (Fsp3) is 0.852. The highest BCUT2D eigenvalue weighted by Crippen LogP contribution is 2.28. The lowest BCUT2D eigenvalue weighted by Gasteiger charge is -2.38. The van der Waals surface area contributed by atoms with Crippen LogP contribution in [0.1, 0.15) is 80.1 Å². The molecular formula is C27H46N4O6. The molecule has 1 unspecified atom stereocenters. The quantitative estimate of drug-likeness (QED) is 0.574. The number of methoxy groups -OCH3 is 1. The first-order valence-electron chi connectivity index (χ1n) is 13.8. The minimum absolute atomic E-state index is 0.0270. The van der Waals surface area contributed by atoms with Crippen LogP contribution in [0.15, 0.2) is 0 Å². The summed E-state index contributed by atoms with van der Waals surface area (Å²) in [6.07, 6.45) is 3.67. The van der Waals surface area contributed by atoms with Crippen LogP contribution in [-0.4, -0.2) is 101 Å². The number of carbonyl (C=O) groups excluding carboxylic acids is 4. The van der Waals surface area contributed by atoms with Crippen LogP contribution in [0, 0.1) is 5.92 Å². The average Bonchev–Trinajstić information content (AvgIpc) is 3.48. The van der Waals surface area contributed by atoms with Crippen LogP contribution in [0.4, 0.5) is 4.79 Å². The van der Waals surface area contributed by atoms with E-state index in [1.54, 1.807) is 39.7 Å². The third kappa shape index (κ3) is 6.94. The van der Waals surface area contributed by atoms with E-state index < -0.39 is 29.8 Å². The van der Waals surface area contributed by atoms with Crippen molar-refractivity contribution in [3.8, 4) is 0 Å². The van der Waals surface area contributed by atoms with Crippen LogP contribution in [0.25, 0.3) is 0 Å². The van der Waals surface area contributed by atoms with E-state index in [-0.39, 0.29) is 29.9 Å². The third-order valence-corrected chi connectivity index (χ3v) is 7.73. The van der Waals surface area contributed by atoms with Gasteiger partial charge < -0.3 is 24.6 Å². The van der Waals surface area contributed by atoms with Gasteiger partial charge in [-0.2, -0.15) is 0 Å². The van der Waals surface area contributed by atoms with Crippen molar-refractivity contribution >= 4 is 23.8 Å². The molecule has 10 heteroatoms. The molecule has 0 aromatic carbocycles. The van der Waals surface area contributed by atoms with Crippen molar-refractivity contribution in [1.29, 1.82) is 0 Å². The Morgan fingerprint density at radius 2 is 1.57 bits per heavy atom. The lowest BCUT2D eigenvalue weighted by molar-refractivity contribution is -0.147. The van der Waals surface area contributed by atoms with Crippen molar-refractivity contribution in [2.24, 2.45) is 5.92 Å². The molecule has 0 aromatic rings. The highest BCUT2D eigenvalue weighted by atomic mass is 16.6. The lowest BCUT2D eigenvalue weighted by Crippen LogP contribution is -2.59. The Labute approximate surface area is 221 Å². The Bertz CT molecular complexity index is 858. The first-order chi connectivity index (χ1) is 17.3. The number of amides is 4. The first-order valence-corrected chi connectivity index (χ1v) is 13.8. The fourth-order valence-electron chi connectivity index (χ4n) is 5.78. The molecule has 3 aliphatic heterocycles. The molecule has 210 valence electrons. The van der Waals surface area contributed by atoms with Gasteiger partial charge in [0.25, 0.3) is 0 Å². The van der Waals surface area contributed by atoms with E-state index in [1.165, 1.54) is 4.90 Å². The highest BCUT2D eigenvalue weighted by Gasteiger charge is 2.43. The molecule has 0 aromatic heterocycles. The van der Waals surface area contributed by atoms with Crippen LogP contribution >= 0.6 is 0 Å². The second-order valence-corrected chi connectivity index (χ2v) is 11.9. The fourth-order valence-corrected chi connectivity index (χ4v) is 5.78. The highest BCUT2D eigenvalue weighted by molar-refractivity contribution is 5.94. The van der Waals surface area contributed by atoms with E-state index in [0.29, 0.717) is 44.8 Å². The van der Waals surface area contributed by atoms with Crippen molar-refractivity contribution in [3.05, 3.63) is 0 Å². The number of likely N-dealkylation sites (tertiary alicyclic amines) is 3. The van der Waals surface area contributed by atoms with Crippen molar-refractivity contribution < 1.29 is 28.7 Å². The van der Waals surface area contributed by atoms with Gasteiger partial charge in [0.05, 0.1) is 12.1 Å². The van der Waals surface area contributed by atoms with Gasteiger partial charge in [0.15, 0.2) is 0 Å². The summed E-state index contributed by atoms with van der Waals surface area (Å²) < 4.78 is 11.0. The maximum Gasteiger partial charge on any atom is 0.410 e. The van der Waals surface area contributed by atoms with E-state index in [2.05, 4.69) is 12.2 Å². The Kier molecular flexibility index (Phi) is 9.47. The van der Waals surface area contributed by atoms with Gasteiger partial charge in [0.2, 0.25) is 17.7 Å². The van der Waals surface area contributed by atoms with Crippen molar-refractivity contribution in [2.75, 3.05) is 26.7 Å². The Balaban J connectivity index is 1.67. The van der Waals surface area contributed by atoms with Crippen LogP contribution in [-0.2, 0) is 23.9 Å². The first kappa shape index (κ1) is 29.2. The van der Waals surface area contributed by atoms with Gasteiger partial charge in [-0.1, -0.05) is 6.92 Å². The number of carbonyl (C=O) groups is 4. The second kappa shape index (κ2) is 12.0. The molecule has 3 heterocycles. The van der Waals surface area contributed by atoms with Crippen LogP contribution in [0.2, 0.25) is 0 Å². The standard InChI is InChI=1S/C27H46N4O6/c1-17-15-22(19(3)36-7)31(16-17)24(33)18(2)28-23(32)20-11-8-9-13-29(20)25(34)21-12-10-14-30(21)26(35)37-27(4,5)6/h17-22H,8-16H2,1-7H3,(H,28,32)/t17-,18-,19?,20-,21-,22-/m0/s1. The summed E-state index contributed by atoms with van der Waals surface area (Å²) in [4.78, 5) is 58.0. The summed E-state index contributed by atoms with van der Waals surface area (Å²) in [5.41, 5.74) is -0.656.